The molecular weight excluding hydrogens is 220 g/mol. The summed E-state index contributed by atoms with van der Waals surface area (Å²) < 4.78 is 5.08. The van der Waals surface area contributed by atoms with Gasteiger partial charge in [0.2, 0.25) is 5.95 Å². The Morgan fingerprint density at radius 1 is 1.65 bits per heavy atom. The molecule has 1 aromatic heterocycles. The van der Waals surface area contributed by atoms with Crippen LogP contribution in [0.1, 0.15) is 26.5 Å². The zero-order valence-electron chi connectivity index (χ0n) is 10.3. The number of carbonyl (C=O) groups is 1. The second kappa shape index (κ2) is 5.49. The van der Waals surface area contributed by atoms with Gasteiger partial charge in [0.05, 0.1) is 11.9 Å². The summed E-state index contributed by atoms with van der Waals surface area (Å²) in [6, 6.07) is 0. The molecular formula is C11H18N4O2. The van der Waals surface area contributed by atoms with Crippen molar-refractivity contribution in [3.05, 3.63) is 18.0 Å². The Labute approximate surface area is 100 Å². The number of nitrogens with zero attached hydrogens (tertiary/aromatic N) is 1. The minimum Gasteiger partial charge on any atom is -0.444 e. The molecule has 1 aromatic rings. The van der Waals surface area contributed by atoms with Gasteiger partial charge >= 0.3 is 6.09 Å². The average Bonchev–Trinajstić information content (AvgIpc) is 2.59. The third-order valence-electron chi connectivity index (χ3n) is 1.65. The van der Waals surface area contributed by atoms with E-state index in [4.69, 9.17) is 10.5 Å². The second-order valence-corrected chi connectivity index (χ2v) is 4.45. The first-order valence-corrected chi connectivity index (χ1v) is 5.32. The fourth-order valence-corrected chi connectivity index (χ4v) is 1.08. The Balaban J connectivity index is 2.55. The van der Waals surface area contributed by atoms with Crippen LogP contribution < -0.4 is 11.1 Å². The SMILES string of the molecule is CC(C)(C)OC(=O)Nc1ncc(/C=C/CN)[nH]1. The summed E-state index contributed by atoms with van der Waals surface area (Å²) in [5, 5.41) is 2.50. The van der Waals surface area contributed by atoms with E-state index in [1.807, 2.05) is 0 Å². The van der Waals surface area contributed by atoms with Crippen LogP contribution in [-0.4, -0.2) is 28.2 Å². The summed E-state index contributed by atoms with van der Waals surface area (Å²) in [5.41, 5.74) is 5.56. The second-order valence-electron chi connectivity index (χ2n) is 4.45. The summed E-state index contributed by atoms with van der Waals surface area (Å²) in [6.07, 6.45) is 4.62. The molecule has 0 saturated heterocycles. The molecule has 6 nitrogen and oxygen atoms in total. The van der Waals surface area contributed by atoms with Gasteiger partial charge in [0, 0.05) is 6.54 Å². The summed E-state index contributed by atoms with van der Waals surface area (Å²) in [4.78, 5) is 18.3. The Morgan fingerprint density at radius 3 is 2.94 bits per heavy atom. The quantitative estimate of drug-likeness (QED) is 0.747. The molecule has 0 aliphatic carbocycles. The van der Waals surface area contributed by atoms with Crippen LogP contribution in [0.5, 0.6) is 0 Å². The summed E-state index contributed by atoms with van der Waals surface area (Å²) in [6.45, 7) is 5.84. The van der Waals surface area contributed by atoms with Crippen molar-refractivity contribution in [1.82, 2.24) is 9.97 Å². The van der Waals surface area contributed by atoms with E-state index in [1.165, 1.54) is 0 Å². The van der Waals surface area contributed by atoms with Crippen molar-refractivity contribution in [3.8, 4) is 0 Å². The minimum absolute atomic E-state index is 0.343. The number of carbonyl (C=O) groups excluding carboxylic acids is 1. The van der Waals surface area contributed by atoms with Crippen molar-refractivity contribution in [3.63, 3.8) is 0 Å². The van der Waals surface area contributed by atoms with Gasteiger partial charge < -0.3 is 15.5 Å². The van der Waals surface area contributed by atoms with Crippen LogP contribution in [0.25, 0.3) is 6.08 Å². The van der Waals surface area contributed by atoms with E-state index >= 15 is 0 Å². The molecule has 0 fully saturated rings. The molecule has 0 bridgehead atoms. The molecule has 1 heterocycles. The van der Waals surface area contributed by atoms with Crippen LogP contribution in [-0.2, 0) is 4.74 Å². The molecule has 0 radical (unpaired) electrons. The first kappa shape index (κ1) is 13.2. The van der Waals surface area contributed by atoms with Crippen LogP contribution in [0.15, 0.2) is 12.3 Å². The lowest BCUT2D eigenvalue weighted by Gasteiger charge is -2.18. The molecule has 94 valence electrons. The normalized spacial score (nSPS) is 11.8. The van der Waals surface area contributed by atoms with Crippen LogP contribution in [0, 0.1) is 0 Å². The maximum atomic E-state index is 11.4. The molecule has 0 saturated carbocycles. The Kier molecular flexibility index (Phi) is 4.28. The molecule has 0 aromatic carbocycles. The molecule has 17 heavy (non-hydrogen) atoms. The van der Waals surface area contributed by atoms with Gasteiger partial charge in [-0.2, -0.15) is 0 Å². The van der Waals surface area contributed by atoms with Crippen molar-refractivity contribution in [1.29, 1.82) is 0 Å². The van der Waals surface area contributed by atoms with E-state index in [0.29, 0.717) is 12.5 Å². The minimum atomic E-state index is -0.541. The van der Waals surface area contributed by atoms with Crippen molar-refractivity contribution >= 4 is 18.1 Å². The predicted molar refractivity (Wildman–Crippen MR) is 66.5 cm³/mol. The largest absolute Gasteiger partial charge is 0.444 e. The molecule has 1 amide bonds. The molecule has 0 atom stereocenters. The van der Waals surface area contributed by atoms with Crippen LogP contribution >= 0.6 is 0 Å². The lowest BCUT2D eigenvalue weighted by molar-refractivity contribution is 0.0635. The van der Waals surface area contributed by atoms with Gasteiger partial charge in [-0.3, -0.25) is 5.32 Å². The number of amides is 1. The van der Waals surface area contributed by atoms with Crippen molar-refractivity contribution in [2.45, 2.75) is 26.4 Å². The molecule has 0 aliphatic rings. The third kappa shape index (κ3) is 5.17. The van der Waals surface area contributed by atoms with Gasteiger partial charge in [0.25, 0.3) is 0 Å². The number of aromatic amines is 1. The standard InChI is InChI=1S/C11H18N4O2/c1-11(2,3)17-10(16)15-9-13-7-8(14-9)5-4-6-12/h4-5,7H,6,12H2,1-3H3,(H2,13,14,15,16)/b5-4+. The number of rotatable bonds is 3. The Morgan fingerprint density at radius 2 is 2.35 bits per heavy atom. The molecule has 0 unspecified atom stereocenters. The maximum absolute atomic E-state index is 11.4. The number of nitrogens with one attached hydrogen (secondary N) is 2. The van der Waals surface area contributed by atoms with Gasteiger partial charge in [-0.15, -0.1) is 0 Å². The molecule has 0 spiro atoms. The third-order valence-corrected chi connectivity index (χ3v) is 1.65. The number of imidazole rings is 1. The fourth-order valence-electron chi connectivity index (χ4n) is 1.08. The average molecular weight is 238 g/mol. The molecule has 0 aliphatic heterocycles. The summed E-state index contributed by atoms with van der Waals surface area (Å²) >= 11 is 0. The highest BCUT2D eigenvalue weighted by Gasteiger charge is 2.16. The summed E-state index contributed by atoms with van der Waals surface area (Å²) in [7, 11) is 0. The Hall–Kier alpha value is -1.82. The lowest BCUT2D eigenvalue weighted by Crippen LogP contribution is -2.27. The predicted octanol–water partition coefficient (Wildman–Crippen LogP) is 1.73. The number of H-pyrrole nitrogens is 1. The first-order valence-electron chi connectivity index (χ1n) is 5.32. The van der Waals surface area contributed by atoms with Crippen LogP contribution in [0.3, 0.4) is 0 Å². The highest BCUT2D eigenvalue weighted by Crippen LogP contribution is 2.09. The fraction of sp³-hybridized carbons (Fsp3) is 0.455. The van der Waals surface area contributed by atoms with Gasteiger partial charge in [0.15, 0.2) is 0 Å². The highest BCUT2D eigenvalue weighted by molar-refractivity contribution is 5.82. The lowest BCUT2D eigenvalue weighted by atomic mass is 10.2. The van der Waals surface area contributed by atoms with Gasteiger partial charge in [-0.1, -0.05) is 6.08 Å². The number of hydrogen-bond donors (Lipinski definition) is 3. The number of nitrogens with two attached hydrogens (primary N) is 1. The zero-order chi connectivity index (χ0) is 12.9. The smallest absolute Gasteiger partial charge is 0.414 e. The molecule has 1 rings (SSSR count). The number of ether oxygens (including phenoxy) is 1. The van der Waals surface area contributed by atoms with E-state index in [1.54, 1.807) is 39.1 Å². The zero-order valence-corrected chi connectivity index (χ0v) is 10.3. The maximum Gasteiger partial charge on any atom is 0.414 e. The van der Waals surface area contributed by atoms with E-state index in [2.05, 4.69) is 15.3 Å². The van der Waals surface area contributed by atoms with Crippen LogP contribution in [0.4, 0.5) is 10.7 Å². The number of anilines is 1. The van der Waals surface area contributed by atoms with Crippen molar-refractivity contribution < 1.29 is 9.53 Å². The van der Waals surface area contributed by atoms with E-state index in [0.717, 1.165) is 5.69 Å². The van der Waals surface area contributed by atoms with E-state index in [9.17, 15) is 4.79 Å². The monoisotopic (exact) mass is 238 g/mol. The van der Waals surface area contributed by atoms with E-state index in [-0.39, 0.29) is 0 Å². The number of hydrogen-bond acceptors (Lipinski definition) is 4. The molecule has 6 heteroatoms. The Bertz CT molecular complexity index is 404. The first-order chi connectivity index (χ1) is 7.90. The van der Waals surface area contributed by atoms with E-state index < -0.39 is 11.7 Å². The highest BCUT2D eigenvalue weighted by atomic mass is 16.6. The summed E-state index contributed by atoms with van der Waals surface area (Å²) in [5.74, 6) is 0.343. The number of aromatic nitrogens is 2. The van der Waals surface area contributed by atoms with Gasteiger partial charge in [-0.25, -0.2) is 9.78 Å². The van der Waals surface area contributed by atoms with Crippen molar-refractivity contribution in [2.75, 3.05) is 11.9 Å². The molecule has 4 N–H and O–H groups in total. The topological polar surface area (TPSA) is 93.0 Å². The van der Waals surface area contributed by atoms with Gasteiger partial charge in [-0.05, 0) is 26.8 Å². The van der Waals surface area contributed by atoms with Gasteiger partial charge in [0.1, 0.15) is 5.60 Å². The van der Waals surface area contributed by atoms with Crippen LogP contribution in [0.2, 0.25) is 0 Å². The van der Waals surface area contributed by atoms with Crippen molar-refractivity contribution in [2.24, 2.45) is 5.73 Å².